The number of hydrogen-bond acceptors (Lipinski definition) is 4. The van der Waals surface area contributed by atoms with Gasteiger partial charge in [0.25, 0.3) is 0 Å². The fourth-order valence-electron chi connectivity index (χ4n) is 3.36. The van der Waals surface area contributed by atoms with Gasteiger partial charge in [-0.1, -0.05) is 0 Å². The minimum absolute atomic E-state index is 0. The molecule has 1 N–H and O–H groups in total. The van der Waals surface area contributed by atoms with Crippen molar-refractivity contribution in [1.82, 2.24) is 10.2 Å². The summed E-state index contributed by atoms with van der Waals surface area (Å²) in [5, 5.41) is 4.47. The summed E-state index contributed by atoms with van der Waals surface area (Å²) in [5.74, 6) is 0. The Balaban J connectivity index is 0.00000147. The van der Waals surface area contributed by atoms with Crippen molar-refractivity contribution in [2.45, 2.75) is 25.8 Å². The quantitative estimate of drug-likeness (QED) is 0.867. The van der Waals surface area contributed by atoms with Gasteiger partial charge in [-0.15, -0.1) is 23.7 Å². The summed E-state index contributed by atoms with van der Waals surface area (Å²) < 4.78 is 6.43. The van der Waals surface area contributed by atoms with Crippen LogP contribution in [0.2, 0.25) is 0 Å². The van der Waals surface area contributed by atoms with Gasteiger partial charge in [0.2, 0.25) is 0 Å². The molecular weight excluding hydrogens is 360 g/mol. The van der Waals surface area contributed by atoms with E-state index in [2.05, 4.69) is 32.2 Å². The van der Waals surface area contributed by atoms with Gasteiger partial charge < -0.3 is 10.1 Å². The molecule has 0 radical (unpaired) electrons. The summed E-state index contributed by atoms with van der Waals surface area (Å²) in [5.41, 5.74) is 0.601. The van der Waals surface area contributed by atoms with Gasteiger partial charge in [0.1, 0.15) is 0 Å². The zero-order valence-corrected chi connectivity index (χ0v) is 15.0. The Kier molecular flexibility index (Phi) is 5.77. The number of likely N-dealkylation sites (tertiary alicyclic amines) is 1. The van der Waals surface area contributed by atoms with Crippen LogP contribution in [-0.4, -0.2) is 38.2 Å². The summed E-state index contributed by atoms with van der Waals surface area (Å²) in [6.45, 7) is 5.99. The van der Waals surface area contributed by atoms with Gasteiger partial charge >= 0.3 is 0 Å². The third-order valence-corrected chi connectivity index (χ3v) is 6.39. The van der Waals surface area contributed by atoms with Gasteiger partial charge in [-0.3, -0.25) is 4.90 Å². The molecule has 0 saturated carbocycles. The summed E-state index contributed by atoms with van der Waals surface area (Å²) in [6, 6.07) is 2.21. The van der Waals surface area contributed by atoms with Gasteiger partial charge in [-0.2, -0.15) is 0 Å². The predicted molar refractivity (Wildman–Crippen MR) is 90.2 cm³/mol. The molecule has 1 aromatic heterocycles. The fourth-order valence-corrected chi connectivity index (χ4v) is 5.10. The van der Waals surface area contributed by atoms with E-state index in [9.17, 15) is 0 Å². The highest BCUT2D eigenvalue weighted by atomic mass is 79.9. The monoisotopic (exact) mass is 380 g/mol. The number of hydrogen-bond donors (Lipinski definition) is 1. The van der Waals surface area contributed by atoms with Crippen LogP contribution in [0.15, 0.2) is 10.5 Å². The molecule has 1 spiro atoms. The van der Waals surface area contributed by atoms with Crippen molar-refractivity contribution >= 4 is 39.7 Å². The second-order valence-corrected chi connectivity index (χ2v) is 7.72. The number of methoxy groups -OCH3 is 1. The molecular formula is C14H22BrClN2OS. The highest BCUT2D eigenvalue weighted by Crippen LogP contribution is 2.40. The maximum absolute atomic E-state index is 5.34. The van der Waals surface area contributed by atoms with Crippen molar-refractivity contribution in [3.63, 3.8) is 0 Å². The number of rotatable bonds is 3. The molecule has 6 heteroatoms. The molecule has 2 fully saturated rings. The zero-order valence-electron chi connectivity index (χ0n) is 11.8. The van der Waals surface area contributed by atoms with Crippen molar-refractivity contribution in [2.75, 3.05) is 33.3 Å². The Labute approximate surface area is 139 Å². The molecule has 0 aliphatic carbocycles. The lowest BCUT2D eigenvalue weighted by Gasteiger charge is -2.33. The van der Waals surface area contributed by atoms with E-state index >= 15 is 0 Å². The Hall–Kier alpha value is 0.190. The van der Waals surface area contributed by atoms with Crippen molar-refractivity contribution < 1.29 is 4.74 Å². The lowest BCUT2D eigenvalue weighted by molar-refractivity contribution is 0.194. The third kappa shape index (κ3) is 3.50. The average molecular weight is 382 g/mol. The molecule has 2 aliphatic rings. The lowest BCUT2D eigenvalue weighted by Crippen LogP contribution is -2.38. The molecule has 0 atom stereocenters. The van der Waals surface area contributed by atoms with Gasteiger partial charge in [-0.05, 0) is 66.3 Å². The molecule has 0 aromatic carbocycles. The van der Waals surface area contributed by atoms with Crippen LogP contribution in [0.25, 0.3) is 0 Å². The highest BCUT2D eigenvalue weighted by molar-refractivity contribution is 9.10. The SMILES string of the molecule is COc1sc(CN2CCC3(CCNCC3)C2)cc1Br.Cl. The Bertz CT molecular complexity index is 448. The predicted octanol–water partition coefficient (Wildman–Crippen LogP) is 3.52. The molecule has 0 bridgehead atoms. The van der Waals surface area contributed by atoms with E-state index in [0.717, 1.165) is 16.1 Å². The fraction of sp³-hybridized carbons (Fsp3) is 0.714. The zero-order chi connectivity index (χ0) is 13.3. The minimum Gasteiger partial charge on any atom is -0.486 e. The van der Waals surface area contributed by atoms with Crippen LogP contribution in [0.1, 0.15) is 24.1 Å². The van der Waals surface area contributed by atoms with Crippen LogP contribution in [0.5, 0.6) is 5.06 Å². The average Bonchev–Trinajstić information content (AvgIpc) is 2.95. The molecule has 0 unspecified atom stereocenters. The molecule has 3 nitrogen and oxygen atoms in total. The van der Waals surface area contributed by atoms with Crippen LogP contribution >= 0.6 is 39.7 Å². The number of nitrogens with zero attached hydrogens (tertiary/aromatic N) is 1. The molecule has 20 heavy (non-hydrogen) atoms. The number of nitrogens with one attached hydrogen (secondary N) is 1. The Morgan fingerprint density at radius 1 is 1.40 bits per heavy atom. The highest BCUT2D eigenvalue weighted by Gasteiger charge is 2.38. The maximum Gasteiger partial charge on any atom is 0.188 e. The van der Waals surface area contributed by atoms with E-state index in [0.29, 0.717) is 5.41 Å². The molecule has 0 amide bonds. The number of ether oxygens (including phenoxy) is 1. The number of piperidine rings is 1. The molecule has 3 heterocycles. The van der Waals surface area contributed by atoms with Crippen LogP contribution in [0, 0.1) is 5.41 Å². The first-order valence-electron chi connectivity index (χ1n) is 6.96. The lowest BCUT2D eigenvalue weighted by atomic mass is 9.78. The van der Waals surface area contributed by atoms with Crippen LogP contribution in [0.4, 0.5) is 0 Å². The second-order valence-electron chi connectivity index (χ2n) is 5.76. The molecule has 114 valence electrons. The largest absolute Gasteiger partial charge is 0.486 e. The first kappa shape index (κ1) is 16.6. The Morgan fingerprint density at radius 3 is 2.80 bits per heavy atom. The normalized spacial score (nSPS) is 21.9. The second kappa shape index (κ2) is 6.97. The van der Waals surface area contributed by atoms with E-state index in [1.165, 1.54) is 50.3 Å². The smallest absolute Gasteiger partial charge is 0.188 e. The van der Waals surface area contributed by atoms with E-state index in [1.54, 1.807) is 18.4 Å². The van der Waals surface area contributed by atoms with E-state index in [4.69, 9.17) is 4.74 Å². The molecule has 2 aliphatic heterocycles. The summed E-state index contributed by atoms with van der Waals surface area (Å²) in [4.78, 5) is 4.01. The molecule has 3 rings (SSSR count). The van der Waals surface area contributed by atoms with Crippen molar-refractivity contribution in [3.8, 4) is 5.06 Å². The van der Waals surface area contributed by atoms with Crippen molar-refractivity contribution in [2.24, 2.45) is 5.41 Å². The Morgan fingerprint density at radius 2 is 2.15 bits per heavy atom. The van der Waals surface area contributed by atoms with E-state index in [1.807, 2.05) is 0 Å². The van der Waals surface area contributed by atoms with E-state index < -0.39 is 0 Å². The summed E-state index contributed by atoms with van der Waals surface area (Å²) in [7, 11) is 1.74. The van der Waals surface area contributed by atoms with E-state index in [-0.39, 0.29) is 12.4 Å². The van der Waals surface area contributed by atoms with Gasteiger partial charge in [-0.25, -0.2) is 0 Å². The third-order valence-electron chi connectivity index (χ3n) is 4.45. The maximum atomic E-state index is 5.34. The van der Waals surface area contributed by atoms with Crippen molar-refractivity contribution in [3.05, 3.63) is 15.4 Å². The molecule has 2 saturated heterocycles. The standard InChI is InChI=1S/C14H21BrN2OS.ClH/c1-18-13-12(15)8-11(19-13)9-17-7-4-14(10-17)2-5-16-6-3-14;/h8,16H,2-7,9-10H2,1H3;1H. The first-order chi connectivity index (χ1) is 9.21. The minimum atomic E-state index is 0. The van der Waals surface area contributed by atoms with Crippen LogP contribution < -0.4 is 10.1 Å². The summed E-state index contributed by atoms with van der Waals surface area (Å²) >= 11 is 5.31. The molecule has 1 aromatic rings. The van der Waals surface area contributed by atoms with Gasteiger partial charge in [0.15, 0.2) is 5.06 Å². The number of halogens is 2. The van der Waals surface area contributed by atoms with Crippen LogP contribution in [0.3, 0.4) is 0 Å². The van der Waals surface area contributed by atoms with Crippen LogP contribution in [-0.2, 0) is 6.54 Å². The van der Waals surface area contributed by atoms with Crippen molar-refractivity contribution in [1.29, 1.82) is 0 Å². The summed E-state index contributed by atoms with van der Waals surface area (Å²) in [6.07, 6.45) is 4.07. The van der Waals surface area contributed by atoms with Gasteiger partial charge in [0, 0.05) is 18.0 Å². The first-order valence-corrected chi connectivity index (χ1v) is 8.57. The number of thiophene rings is 1. The van der Waals surface area contributed by atoms with Gasteiger partial charge in [0.05, 0.1) is 11.6 Å². The topological polar surface area (TPSA) is 24.5 Å².